The average Bonchev–Trinajstić information content (AvgIpc) is 3.11. The van der Waals surface area contributed by atoms with Gasteiger partial charge in [-0.15, -0.1) is 0 Å². The van der Waals surface area contributed by atoms with Gasteiger partial charge in [0, 0.05) is 31.2 Å². The molecule has 0 spiro atoms. The van der Waals surface area contributed by atoms with Gasteiger partial charge in [-0.2, -0.15) is 0 Å². The van der Waals surface area contributed by atoms with Crippen LogP contribution in [-0.2, 0) is 6.54 Å². The number of urea groups is 1. The lowest BCUT2D eigenvalue weighted by atomic mass is 10.2. The van der Waals surface area contributed by atoms with Gasteiger partial charge in [-0.05, 0) is 37.8 Å². The molecule has 1 aliphatic carbocycles. The normalized spacial score (nSPS) is 14.3. The number of carbonyl (C=O) groups excluding carboxylic acids is 1. The van der Waals surface area contributed by atoms with E-state index in [1.54, 1.807) is 37.8 Å². The van der Waals surface area contributed by atoms with Crippen molar-refractivity contribution in [2.45, 2.75) is 38.3 Å². The topological polar surface area (TPSA) is 67.4 Å². The minimum absolute atomic E-state index is 0.0908. The number of aromatic nitrogens is 2. The number of nitrogens with zero attached hydrogens (tertiary/aromatic N) is 3. The minimum atomic E-state index is -0.471. The molecule has 0 atom stereocenters. The van der Waals surface area contributed by atoms with Crippen molar-refractivity contribution in [3.63, 3.8) is 0 Å². The maximum Gasteiger partial charge on any atom is 0.321 e. The Morgan fingerprint density at radius 3 is 2.84 bits per heavy atom. The fourth-order valence-corrected chi connectivity index (χ4v) is 2.81. The van der Waals surface area contributed by atoms with E-state index in [0.29, 0.717) is 17.9 Å². The molecule has 1 heterocycles. The van der Waals surface area contributed by atoms with Gasteiger partial charge < -0.3 is 15.0 Å². The zero-order valence-electron chi connectivity index (χ0n) is 14.1. The van der Waals surface area contributed by atoms with Crippen molar-refractivity contribution in [1.29, 1.82) is 0 Å². The lowest BCUT2D eigenvalue weighted by Gasteiger charge is -2.18. The molecule has 1 aliphatic rings. The maximum atomic E-state index is 14.2. The Morgan fingerprint density at radius 1 is 1.36 bits per heavy atom. The Balaban J connectivity index is 1.58. The molecule has 1 fully saturated rings. The smallest absolute Gasteiger partial charge is 0.321 e. The molecule has 7 heteroatoms. The Labute approximate surface area is 146 Å². The summed E-state index contributed by atoms with van der Waals surface area (Å²) >= 11 is 0. The number of anilines is 1. The predicted molar refractivity (Wildman–Crippen MR) is 91.8 cm³/mol. The molecule has 0 radical (unpaired) electrons. The van der Waals surface area contributed by atoms with Gasteiger partial charge in [0.2, 0.25) is 0 Å². The Morgan fingerprint density at radius 2 is 2.16 bits per heavy atom. The first-order valence-electron chi connectivity index (χ1n) is 8.35. The number of ether oxygens (including phenoxy) is 1. The SMILES string of the molecule is CN(Cc1cnccn1)C(=O)Nc1ccc(OC2CCCC2)c(F)c1. The molecule has 0 aliphatic heterocycles. The third-order valence-electron chi connectivity index (χ3n) is 4.14. The largest absolute Gasteiger partial charge is 0.487 e. The highest BCUT2D eigenvalue weighted by Gasteiger charge is 2.18. The van der Waals surface area contributed by atoms with Crippen LogP contribution < -0.4 is 10.1 Å². The van der Waals surface area contributed by atoms with E-state index < -0.39 is 5.82 Å². The van der Waals surface area contributed by atoms with Crippen molar-refractivity contribution in [2.24, 2.45) is 0 Å². The molecule has 1 N–H and O–H groups in total. The summed E-state index contributed by atoms with van der Waals surface area (Å²) in [6, 6.07) is 4.13. The number of halogens is 1. The van der Waals surface area contributed by atoms with E-state index in [0.717, 1.165) is 25.7 Å². The summed E-state index contributed by atoms with van der Waals surface area (Å²) < 4.78 is 19.9. The van der Waals surface area contributed by atoms with Crippen molar-refractivity contribution < 1.29 is 13.9 Å². The number of benzene rings is 1. The highest BCUT2D eigenvalue weighted by molar-refractivity contribution is 5.89. The molecule has 1 aromatic heterocycles. The molecular weight excluding hydrogens is 323 g/mol. The number of carbonyl (C=O) groups is 1. The van der Waals surface area contributed by atoms with E-state index in [2.05, 4.69) is 15.3 Å². The van der Waals surface area contributed by atoms with Gasteiger partial charge in [-0.3, -0.25) is 9.97 Å². The molecular formula is C18H21FN4O2. The van der Waals surface area contributed by atoms with E-state index in [1.165, 1.54) is 11.0 Å². The van der Waals surface area contributed by atoms with Crippen LogP contribution in [0.5, 0.6) is 5.75 Å². The van der Waals surface area contributed by atoms with Crippen LogP contribution in [0, 0.1) is 5.82 Å². The molecule has 1 aromatic carbocycles. The third kappa shape index (κ3) is 4.65. The number of hydrogen-bond donors (Lipinski definition) is 1. The van der Waals surface area contributed by atoms with E-state index in [-0.39, 0.29) is 17.9 Å². The second-order valence-electron chi connectivity index (χ2n) is 6.15. The third-order valence-corrected chi connectivity index (χ3v) is 4.14. The highest BCUT2D eigenvalue weighted by Crippen LogP contribution is 2.27. The molecule has 0 unspecified atom stereocenters. The molecule has 3 rings (SSSR count). The van der Waals surface area contributed by atoms with E-state index in [4.69, 9.17) is 4.74 Å². The summed E-state index contributed by atoms with van der Waals surface area (Å²) in [6.45, 7) is 0.311. The Hall–Kier alpha value is -2.70. The standard InChI is InChI=1S/C18H21FN4O2/c1-23(12-14-11-20-8-9-21-14)18(24)22-13-6-7-17(16(19)10-13)25-15-4-2-3-5-15/h6-11,15H,2-5,12H2,1H3,(H,22,24). The number of nitrogens with one attached hydrogen (secondary N) is 1. The van der Waals surface area contributed by atoms with Crippen molar-refractivity contribution in [3.8, 4) is 5.75 Å². The first kappa shape index (κ1) is 17.1. The fraction of sp³-hybridized carbons (Fsp3) is 0.389. The van der Waals surface area contributed by atoms with Crippen LogP contribution in [0.15, 0.2) is 36.8 Å². The molecule has 132 valence electrons. The summed E-state index contributed by atoms with van der Waals surface area (Å²) in [5.74, 6) is -0.237. The van der Waals surface area contributed by atoms with Gasteiger partial charge in [-0.25, -0.2) is 9.18 Å². The first-order valence-corrected chi connectivity index (χ1v) is 8.35. The van der Waals surface area contributed by atoms with Gasteiger partial charge in [0.15, 0.2) is 11.6 Å². The van der Waals surface area contributed by atoms with Crippen molar-refractivity contribution in [3.05, 3.63) is 48.3 Å². The molecule has 25 heavy (non-hydrogen) atoms. The van der Waals surface area contributed by atoms with Crippen LogP contribution in [0.3, 0.4) is 0 Å². The second kappa shape index (κ2) is 7.92. The molecule has 2 amide bonds. The summed E-state index contributed by atoms with van der Waals surface area (Å²) in [5, 5.41) is 2.67. The van der Waals surface area contributed by atoms with Crippen LogP contribution in [-0.4, -0.2) is 34.1 Å². The summed E-state index contributed by atoms with van der Waals surface area (Å²) in [6.07, 6.45) is 9.00. The fourth-order valence-electron chi connectivity index (χ4n) is 2.81. The van der Waals surface area contributed by atoms with Gasteiger partial charge in [0.1, 0.15) is 0 Å². The zero-order chi connectivity index (χ0) is 17.6. The van der Waals surface area contributed by atoms with Crippen molar-refractivity contribution >= 4 is 11.7 Å². The molecule has 0 saturated heterocycles. The summed E-state index contributed by atoms with van der Waals surface area (Å²) in [4.78, 5) is 21.7. The Kier molecular flexibility index (Phi) is 5.42. The van der Waals surface area contributed by atoms with E-state index in [9.17, 15) is 9.18 Å². The lowest BCUT2D eigenvalue weighted by molar-refractivity contribution is 0.200. The van der Waals surface area contributed by atoms with Crippen LogP contribution in [0.4, 0.5) is 14.9 Å². The van der Waals surface area contributed by atoms with E-state index in [1.807, 2.05) is 0 Å². The average molecular weight is 344 g/mol. The van der Waals surface area contributed by atoms with Gasteiger partial charge in [-0.1, -0.05) is 0 Å². The number of hydrogen-bond acceptors (Lipinski definition) is 4. The first-order chi connectivity index (χ1) is 12.1. The van der Waals surface area contributed by atoms with Gasteiger partial charge >= 0.3 is 6.03 Å². The minimum Gasteiger partial charge on any atom is -0.487 e. The molecule has 0 bridgehead atoms. The molecule has 2 aromatic rings. The second-order valence-corrected chi connectivity index (χ2v) is 6.15. The van der Waals surface area contributed by atoms with Crippen LogP contribution in [0.25, 0.3) is 0 Å². The summed E-state index contributed by atoms with van der Waals surface area (Å²) in [5.41, 5.74) is 1.05. The molecule has 1 saturated carbocycles. The number of amides is 2. The number of rotatable bonds is 5. The summed E-state index contributed by atoms with van der Waals surface area (Å²) in [7, 11) is 1.64. The van der Waals surface area contributed by atoms with Crippen molar-refractivity contribution in [2.75, 3.05) is 12.4 Å². The molecule has 6 nitrogen and oxygen atoms in total. The Bertz CT molecular complexity index is 720. The van der Waals surface area contributed by atoms with E-state index >= 15 is 0 Å². The zero-order valence-corrected chi connectivity index (χ0v) is 14.1. The predicted octanol–water partition coefficient (Wildman–Crippen LogP) is 3.60. The van der Waals surface area contributed by atoms with Crippen LogP contribution in [0.1, 0.15) is 31.4 Å². The lowest BCUT2D eigenvalue weighted by Crippen LogP contribution is -2.31. The monoisotopic (exact) mass is 344 g/mol. The van der Waals surface area contributed by atoms with Crippen LogP contribution >= 0.6 is 0 Å². The highest BCUT2D eigenvalue weighted by atomic mass is 19.1. The van der Waals surface area contributed by atoms with Gasteiger partial charge in [0.25, 0.3) is 0 Å². The van der Waals surface area contributed by atoms with Crippen LogP contribution in [0.2, 0.25) is 0 Å². The quantitative estimate of drug-likeness (QED) is 0.900. The maximum absolute atomic E-state index is 14.2. The van der Waals surface area contributed by atoms with Crippen molar-refractivity contribution in [1.82, 2.24) is 14.9 Å². The van der Waals surface area contributed by atoms with Gasteiger partial charge in [0.05, 0.1) is 24.5 Å².